The third-order valence-electron chi connectivity index (χ3n) is 3.52. The number of halogens is 3. The third-order valence-corrected chi connectivity index (χ3v) is 4.46. The van der Waals surface area contributed by atoms with Crippen LogP contribution in [0, 0.1) is 0 Å². The second-order valence-electron chi connectivity index (χ2n) is 5.34. The van der Waals surface area contributed by atoms with Gasteiger partial charge in [0.2, 0.25) is 5.91 Å². The molecule has 124 valence electrons. The first-order chi connectivity index (χ1) is 10.9. The van der Waals surface area contributed by atoms with E-state index in [-0.39, 0.29) is 11.9 Å². The first kappa shape index (κ1) is 17.5. The summed E-state index contributed by atoms with van der Waals surface area (Å²) in [6.45, 7) is 1.76. The van der Waals surface area contributed by atoms with Crippen LogP contribution in [0.4, 0.5) is 13.2 Å². The molecule has 0 saturated carbocycles. The van der Waals surface area contributed by atoms with Gasteiger partial charge in [0.15, 0.2) is 0 Å². The number of rotatable bonds is 6. The molecule has 0 aliphatic carbocycles. The Morgan fingerprint density at radius 3 is 2.48 bits per heavy atom. The van der Waals surface area contributed by atoms with Gasteiger partial charge in [0.25, 0.3) is 0 Å². The Bertz CT molecular complexity index is 620. The van der Waals surface area contributed by atoms with Crippen molar-refractivity contribution in [2.75, 3.05) is 0 Å². The second-order valence-corrected chi connectivity index (χ2v) is 6.37. The Morgan fingerprint density at radius 2 is 1.91 bits per heavy atom. The van der Waals surface area contributed by atoms with E-state index in [4.69, 9.17) is 0 Å². The maximum atomic E-state index is 12.5. The molecule has 0 radical (unpaired) electrons. The Morgan fingerprint density at radius 1 is 1.22 bits per heavy atom. The first-order valence-corrected chi connectivity index (χ1v) is 8.23. The highest BCUT2D eigenvalue weighted by molar-refractivity contribution is 7.09. The van der Waals surface area contributed by atoms with Crippen molar-refractivity contribution in [3.05, 3.63) is 57.8 Å². The average Bonchev–Trinajstić information content (AvgIpc) is 2.99. The summed E-state index contributed by atoms with van der Waals surface area (Å²) < 4.78 is 37.6. The molecule has 2 nitrogen and oxygen atoms in total. The molecule has 0 saturated heterocycles. The maximum Gasteiger partial charge on any atom is 0.416 e. The predicted octanol–water partition coefficient (Wildman–Crippen LogP) is 4.97. The van der Waals surface area contributed by atoms with Crippen molar-refractivity contribution in [1.29, 1.82) is 0 Å². The lowest BCUT2D eigenvalue weighted by Crippen LogP contribution is -2.26. The molecule has 0 spiro atoms. The molecule has 0 bridgehead atoms. The summed E-state index contributed by atoms with van der Waals surface area (Å²) in [4.78, 5) is 13.1. The van der Waals surface area contributed by atoms with Crippen LogP contribution >= 0.6 is 11.3 Å². The number of benzene rings is 1. The van der Waals surface area contributed by atoms with Gasteiger partial charge in [0.1, 0.15) is 0 Å². The largest absolute Gasteiger partial charge is 0.416 e. The molecule has 2 rings (SSSR count). The van der Waals surface area contributed by atoms with Gasteiger partial charge in [-0.1, -0.05) is 18.2 Å². The van der Waals surface area contributed by atoms with Crippen LogP contribution in [0.5, 0.6) is 0 Å². The second kappa shape index (κ2) is 7.64. The van der Waals surface area contributed by atoms with Gasteiger partial charge in [-0.15, -0.1) is 11.3 Å². The molecule has 2 aromatic rings. The van der Waals surface area contributed by atoms with Crippen LogP contribution in [0.2, 0.25) is 0 Å². The number of nitrogens with one attached hydrogen (secondary N) is 1. The fraction of sp³-hybridized carbons (Fsp3) is 0.353. The van der Waals surface area contributed by atoms with E-state index in [0.29, 0.717) is 12.0 Å². The fourth-order valence-electron chi connectivity index (χ4n) is 2.24. The topological polar surface area (TPSA) is 29.1 Å². The summed E-state index contributed by atoms with van der Waals surface area (Å²) in [5.74, 6) is -0.0889. The molecule has 0 aliphatic heterocycles. The molecular weight excluding hydrogens is 323 g/mol. The lowest BCUT2D eigenvalue weighted by atomic mass is 10.1. The zero-order chi connectivity index (χ0) is 16.9. The molecule has 0 aliphatic rings. The molecule has 1 aromatic heterocycles. The van der Waals surface area contributed by atoms with E-state index in [2.05, 4.69) is 5.32 Å². The molecule has 1 N–H and O–H groups in total. The third kappa shape index (κ3) is 5.39. The summed E-state index contributed by atoms with van der Waals surface area (Å²) in [6.07, 6.45) is -2.32. The van der Waals surface area contributed by atoms with Crippen LogP contribution in [0.1, 0.15) is 41.8 Å². The summed E-state index contributed by atoms with van der Waals surface area (Å²) in [5, 5.41) is 4.82. The standard InChI is InChI=1S/C17H18F3NOS/c1-12(13-7-9-14(10-8-13)17(18,19)20)21-16(22)6-2-4-15-5-3-11-23-15/h3,5,7-12H,2,4,6H2,1H3,(H,21,22). The Balaban J connectivity index is 1.81. The van der Waals surface area contributed by atoms with Crippen molar-refractivity contribution < 1.29 is 18.0 Å². The van der Waals surface area contributed by atoms with Crippen molar-refractivity contribution in [3.8, 4) is 0 Å². The quantitative estimate of drug-likeness (QED) is 0.790. The van der Waals surface area contributed by atoms with E-state index in [1.165, 1.54) is 17.0 Å². The van der Waals surface area contributed by atoms with Crippen molar-refractivity contribution in [2.24, 2.45) is 0 Å². The number of hydrogen-bond donors (Lipinski definition) is 1. The van der Waals surface area contributed by atoms with Gasteiger partial charge in [-0.2, -0.15) is 13.2 Å². The van der Waals surface area contributed by atoms with Crippen molar-refractivity contribution in [2.45, 2.75) is 38.4 Å². The van der Waals surface area contributed by atoms with Gasteiger partial charge >= 0.3 is 6.18 Å². The maximum absolute atomic E-state index is 12.5. The molecule has 1 unspecified atom stereocenters. The van der Waals surface area contributed by atoms with E-state index >= 15 is 0 Å². The van der Waals surface area contributed by atoms with E-state index in [1.54, 1.807) is 18.3 Å². The van der Waals surface area contributed by atoms with Gasteiger partial charge in [-0.25, -0.2) is 0 Å². The highest BCUT2D eigenvalue weighted by atomic mass is 32.1. The molecule has 1 aromatic carbocycles. The number of carbonyl (C=O) groups is 1. The van der Waals surface area contributed by atoms with Gasteiger partial charge in [-0.05, 0) is 48.9 Å². The molecule has 0 fully saturated rings. The molecule has 1 amide bonds. The average molecular weight is 341 g/mol. The molecule has 1 atom stereocenters. The lowest BCUT2D eigenvalue weighted by Gasteiger charge is -2.15. The highest BCUT2D eigenvalue weighted by Gasteiger charge is 2.30. The Kier molecular flexibility index (Phi) is 5.82. The monoisotopic (exact) mass is 341 g/mol. The van der Waals surface area contributed by atoms with Crippen LogP contribution in [0.25, 0.3) is 0 Å². The number of thiophene rings is 1. The number of alkyl halides is 3. The zero-order valence-corrected chi connectivity index (χ0v) is 13.5. The lowest BCUT2D eigenvalue weighted by molar-refractivity contribution is -0.137. The summed E-state index contributed by atoms with van der Waals surface area (Å²) >= 11 is 1.67. The van der Waals surface area contributed by atoms with Gasteiger partial charge in [-0.3, -0.25) is 4.79 Å². The summed E-state index contributed by atoms with van der Waals surface area (Å²) in [5.41, 5.74) is -0.0275. The smallest absolute Gasteiger partial charge is 0.350 e. The number of amides is 1. The van der Waals surface area contributed by atoms with Crippen molar-refractivity contribution >= 4 is 17.2 Å². The van der Waals surface area contributed by atoms with E-state index in [1.807, 2.05) is 17.5 Å². The molecule has 6 heteroatoms. The minimum atomic E-state index is -4.34. The van der Waals surface area contributed by atoms with Gasteiger partial charge in [0, 0.05) is 11.3 Å². The number of hydrogen-bond acceptors (Lipinski definition) is 2. The van der Waals surface area contributed by atoms with E-state index < -0.39 is 11.7 Å². The van der Waals surface area contributed by atoms with Crippen molar-refractivity contribution in [3.63, 3.8) is 0 Å². The Hall–Kier alpha value is -1.82. The predicted molar refractivity (Wildman–Crippen MR) is 85.3 cm³/mol. The minimum Gasteiger partial charge on any atom is -0.350 e. The Labute approximate surface area is 137 Å². The van der Waals surface area contributed by atoms with E-state index in [0.717, 1.165) is 25.0 Å². The SMILES string of the molecule is CC(NC(=O)CCCc1cccs1)c1ccc(C(F)(F)F)cc1. The number of aryl methyl sites for hydroxylation is 1. The summed E-state index contributed by atoms with van der Waals surface area (Å²) in [6, 6.07) is 8.58. The molecule has 23 heavy (non-hydrogen) atoms. The van der Waals surface area contributed by atoms with Crippen LogP contribution in [0.3, 0.4) is 0 Å². The van der Waals surface area contributed by atoms with Gasteiger partial charge < -0.3 is 5.32 Å². The molecule has 1 heterocycles. The zero-order valence-electron chi connectivity index (χ0n) is 12.7. The molecular formula is C17H18F3NOS. The summed E-state index contributed by atoms with van der Waals surface area (Å²) in [7, 11) is 0. The number of carbonyl (C=O) groups excluding carboxylic acids is 1. The van der Waals surface area contributed by atoms with Crippen molar-refractivity contribution in [1.82, 2.24) is 5.32 Å². The van der Waals surface area contributed by atoms with E-state index in [9.17, 15) is 18.0 Å². The van der Waals surface area contributed by atoms with Crippen LogP contribution in [0.15, 0.2) is 41.8 Å². The minimum absolute atomic E-state index is 0.0889. The first-order valence-electron chi connectivity index (χ1n) is 7.35. The highest BCUT2D eigenvalue weighted by Crippen LogP contribution is 2.29. The van der Waals surface area contributed by atoms with Gasteiger partial charge in [0.05, 0.1) is 11.6 Å². The fourth-order valence-corrected chi connectivity index (χ4v) is 2.99. The normalized spacial score (nSPS) is 12.9. The van der Waals surface area contributed by atoms with Crippen LogP contribution < -0.4 is 5.32 Å². The van der Waals surface area contributed by atoms with Crippen LogP contribution in [-0.4, -0.2) is 5.91 Å². The van der Waals surface area contributed by atoms with Crippen LogP contribution in [-0.2, 0) is 17.4 Å².